The van der Waals surface area contributed by atoms with Crippen LogP contribution in [-0.2, 0) is 13.6 Å². The number of hydrogen-bond acceptors (Lipinski definition) is 2. The first kappa shape index (κ1) is 10.5. The van der Waals surface area contributed by atoms with Gasteiger partial charge >= 0.3 is 0 Å². The fourth-order valence-corrected chi connectivity index (χ4v) is 2.43. The van der Waals surface area contributed by atoms with Crippen LogP contribution >= 0.6 is 15.9 Å². The zero-order valence-electron chi connectivity index (χ0n) is 9.34. The van der Waals surface area contributed by atoms with Crippen LogP contribution in [0, 0.1) is 0 Å². The van der Waals surface area contributed by atoms with Crippen LogP contribution in [0.4, 0.5) is 0 Å². The van der Waals surface area contributed by atoms with E-state index in [9.17, 15) is 0 Å². The SMILES string of the molecule is Cn1ncnc1Cn1ccc2c(Br)cccc21. The summed E-state index contributed by atoms with van der Waals surface area (Å²) in [5.74, 6) is 0.947. The highest BCUT2D eigenvalue weighted by Gasteiger charge is 2.06. The third kappa shape index (κ3) is 1.76. The van der Waals surface area contributed by atoms with Gasteiger partial charge in [0.25, 0.3) is 0 Å². The standard InChI is InChI=1S/C12H11BrN4/c1-16-12(14-8-15-16)7-17-6-5-9-10(13)3-2-4-11(9)17/h2-6,8H,7H2,1H3. The number of hydrogen-bond donors (Lipinski definition) is 0. The summed E-state index contributed by atoms with van der Waals surface area (Å²) in [7, 11) is 1.91. The van der Waals surface area contributed by atoms with E-state index in [2.05, 4.69) is 55.0 Å². The molecule has 0 aliphatic heterocycles. The number of rotatable bonds is 2. The van der Waals surface area contributed by atoms with Crippen LogP contribution in [0.15, 0.2) is 41.3 Å². The van der Waals surface area contributed by atoms with E-state index in [0.717, 1.165) is 16.8 Å². The second kappa shape index (κ2) is 4.00. The molecule has 2 aromatic heterocycles. The lowest BCUT2D eigenvalue weighted by Crippen LogP contribution is -2.05. The highest BCUT2D eigenvalue weighted by atomic mass is 79.9. The quantitative estimate of drug-likeness (QED) is 0.727. The topological polar surface area (TPSA) is 35.6 Å². The molecule has 2 heterocycles. The van der Waals surface area contributed by atoms with Crippen molar-refractivity contribution < 1.29 is 0 Å². The van der Waals surface area contributed by atoms with Crippen molar-refractivity contribution in [3.63, 3.8) is 0 Å². The van der Waals surface area contributed by atoms with Crippen molar-refractivity contribution in [1.29, 1.82) is 0 Å². The molecule has 0 aliphatic rings. The van der Waals surface area contributed by atoms with Crippen molar-refractivity contribution in [2.45, 2.75) is 6.54 Å². The molecule has 17 heavy (non-hydrogen) atoms. The molecule has 0 spiro atoms. The Kier molecular flexibility index (Phi) is 2.48. The Balaban J connectivity index is 2.07. The highest BCUT2D eigenvalue weighted by Crippen LogP contribution is 2.24. The monoisotopic (exact) mass is 290 g/mol. The van der Waals surface area contributed by atoms with Crippen LogP contribution in [0.3, 0.4) is 0 Å². The molecule has 0 saturated carbocycles. The molecule has 3 aromatic rings. The number of halogens is 1. The van der Waals surface area contributed by atoms with Crippen LogP contribution < -0.4 is 0 Å². The van der Waals surface area contributed by atoms with Gasteiger partial charge in [0, 0.05) is 28.6 Å². The summed E-state index contributed by atoms with van der Waals surface area (Å²) in [6.07, 6.45) is 3.65. The number of nitrogens with zero attached hydrogens (tertiary/aromatic N) is 4. The summed E-state index contributed by atoms with van der Waals surface area (Å²) in [4.78, 5) is 4.24. The van der Waals surface area contributed by atoms with Gasteiger partial charge in [-0.3, -0.25) is 4.68 Å². The summed E-state index contributed by atoms with van der Waals surface area (Å²) in [6, 6.07) is 8.31. The van der Waals surface area contributed by atoms with E-state index in [1.54, 1.807) is 11.0 Å². The zero-order valence-corrected chi connectivity index (χ0v) is 10.9. The van der Waals surface area contributed by atoms with Crippen molar-refractivity contribution in [1.82, 2.24) is 19.3 Å². The molecule has 86 valence electrons. The van der Waals surface area contributed by atoms with E-state index in [1.807, 2.05) is 13.1 Å². The Bertz CT molecular complexity index is 668. The molecule has 0 aliphatic carbocycles. The second-order valence-electron chi connectivity index (χ2n) is 3.92. The van der Waals surface area contributed by atoms with Crippen molar-refractivity contribution in [3.05, 3.63) is 47.1 Å². The maximum atomic E-state index is 4.24. The molecule has 1 aromatic carbocycles. The van der Waals surface area contributed by atoms with E-state index in [-0.39, 0.29) is 0 Å². The lowest BCUT2D eigenvalue weighted by Gasteiger charge is -2.04. The number of aromatic nitrogens is 4. The molecular formula is C12H11BrN4. The van der Waals surface area contributed by atoms with Crippen LogP contribution in [0.25, 0.3) is 10.9 Å². The third-order valence-electron chi connectivity index (χ3n) is 2.88. The lowest BCUT2D eigenvalue weighted by atomic mass is 10.2. The summed E-state index contributed by atoms with van der Waals surface area (Å²) < 4.78 is 5.08. The Labute approximate surface area is 107 Å². The van der Waals surface area contributed by atoms with Gasteiger partial charge in [-0.2, -0.15) is 5.10 Å². The molecule has 0 N–H and O–H groups in total. The Morgan fingerprint density at radius 1 is 1.29 bits per heavy atom. The molecule has 0 unspecified atom stereocenters. The van der Waals surface area contributed by atoms with Crippen molar-refractivity contribution >= 4 is 26.8 Å². The summed E-state index contributed by atoms with van der Waals surface area (Å²) in [5, 5.41) is 5.30. The second-order valence-corrected chi connectivity index (χ2v) is 4.77. The van der Waals surface area contributed by atoms with E-state index >= 15 is 0 Å². The normalized spacial score (nSPS) is 11.2. The maximum Gasteiger partial charge on any atom is 0.146 e. The van der Waals surface area contributed by atoms with Gasteiger partial charge in [0.2, 0.25) is 0 Å². The molecule has 0 amide bonds. The molecule has 5 heteroatoms. The average Bonchev–Trinajstić information content (AvgIpc) is 2.89. The average molecular weight is 291 g/mol. The van der Waals surface area contributed by atoms with E-state index in [0.29, 0.717) is 0 Å². The molecule has 3 rings (SSSR count). The first-order valence-electron chi connectivity index (χ1n) is 5.32. The summed E-state index contributed by atoms with van der Waals surface area (Å²) in [5.41, 5.74) is 1.20. The minimum absolute atomic E-state index is 0.733. The smallest absolute Gasteiger partial charge is 0.146 e. The number of benzene rings is 1. The van der Waals surface area contributed by atoms with Crippen LogP contribution in [0.5, 0.6) is 0 Å². The van der Waals surface area contributed by atoms with Crippen molar-refractivity contribution in [2.75, 3.05) is 0 Å². The zero-order chi connectivity index (χ0) is 11.8. The van der Waals surface area contributed by atoms with Gasteiger partial charge in [-0.25, -0.2) is 4.98 Å². The molecular weight excluding hydrogens is 280 g/mol. The highest BCUT2D eigenvalue weighted by molar-refractivity contribution is 9.10. The van der Waals surface area contributed by atoms with Gasteiger partial charge in [-0.05, 0) is 18.2 Å². The third-order valence-corrected chi connectivity index (χ3v) is 3.57. The van der Waals surface area contributed by atoms with Crippen molar-refractivity contribution in [2.24, 2.45) is 7.05 Å². The predicted octanol–water partition coefficient (Wildman–Crippen LogP) is 2.58. The Morgan fingerprint density at radius 2 is 2.18 bits per heavy atom. The van der Waals surface area contributed by atoms with Crippen LogP contribution in [-0.4, -0.2) is 19.3 Å². The Hall–Kier alpha value is -1.62. The minimum atomic E-state index is 0.733. The van der Waals surface area contributed by atoms with E-state index in [1.165, 1.54) is 10.9 Å². The summed E-state index contributed by atoms with van der Waals surface area (Å²) in [6.45, 7) is 0.733. The number of aryl methyl sites for hydroxylation is 1. The molecule has 0 atom stereocenters. The number of fused-ring (bicyclic) bond motifs is 1. The Morgan fingerprint density at radius 3 is 2.94 bits per heavy atom. The van der Waals surface area contributed by atoms with E-state index in [4.69, 9.17) is 0 Å². The van der Waals surface area contributed by atoms with Crippen LogP contribution in [0.1, 0.15) is 5.82 Å². The fraction of sp³-hybridized carbons (Fsp3) is 0.167. The predicted molar refractivity (Wildman–Crippen MR) is 69.7 cm³/mol. The van der Waals surface area contributed by atoms with Gasteiger partial charge in [-0.15, -0.1) is 0 Å². The van der Waals surface area contributed by atoms with Crippen molar-refractivity contribution in [3.8, 4) is 0 Å². The van der Waals surface area contributed by atoms with Gasteiger partial charge in [0.1, 0.15) is 12.2 Å². The maximum absolute atomic E-state index is 4.24. The summed E-state index contributed by atoms with van der Waals surface area (Å²) >= 11 is 3.56. The first-order chi connectivity index (χ1) is 8.25. The van der Waals surface area contributed by atoms with Gasteiger partial charge in [-0.1, -0.05) is 22.0 Å². The fourth-order valence-electron chi connectivity index (χ4n) is 1.94. The van der Waals surface area contributed by atoms with Gasteiger partial charge in [0.05, 0.1) is 6.54 Å². The molecule has 0 saturated heterocycles. The minimum Gasteiger partial charge on any atom is -0.340 e. The van der Waals surface area contributed by atoms with Gasteiger partial charge < -0.3 is 4.57 Å². The van der Waals surface area contributed by atoms with Gasteiger partial charge in [0.15, 0.2) is 0 Å². The molecule has 0 radical (unpaired) electrons. The van der Waals surface area contributed by atoms with E-state index < -0.39 is 0 Å². The molecule has 0 fully saturated rings. The molecule has 0 bridgehead atoms. The lowest BCUT2D eigenvalue weighted by molar-refractivity contribution is 0.664. The molecule has 4 nitrogen and oxygen atoms in total. The largest absolute Gasteiger partial charge is 0.340 e. The first-order valence-corrected chi connectivity index (χ1v) is 6.11. The van der Waals surface area contributed by atoms with Crippen LogP contribution in [0.2, 0.25) is 0 Å².